The van der Waals surface area contributed by atoms with Crippen molar-refractivity contribution in [3.63, 3.8) is 0 Å². The minimum Gasteiger partial charge on any atom is -0.299 e. The quantitative estimate of drug-likeness (QED) is 0.558. The van der Waals surface area contributed by atoms with Crippen LogP contribution < -0.4 is 0 Å². The van der Waals surface area contributed by atoms with Crippen molar-refractivity contribution in [2.75, 3.05) is 19.6 Å². The molecular formula is C24H22F3N3. The van der Waals surface area contributed by atoms with Crippen molar-refractivity contribution in [2.45, 2.75) is 19.0 Å². The molecule has 0 fully saturated rings. The van der Waals surface area contributed by atoms with E-state index in [9.17, 15) is 13.2 Å². The van der Waals surface area contributed by atoms with Gasteiger partial charge < -0.3 is 0 Å². The molecule has 0 bridgehead atoms. The number of aromatic nitrogens is 2. The fraction of sp³-hybridized carbons (Fsp3) is 0.250. The highest BCUT2D eigenvalue weighted by Crippen LogP contribution is 2.31. The smallest absolute Gasteiger partial charge is 0.299 e. The van der Waals surface area contributed by atoms with Gasteiger partial charge in [-0.2, -0.15) is 13.2 Å². The first-order valence-electron chi connectivity index (χ1n) is 9.92. The van der Waals surface area contributed by atoms with E-state index in [1.54, 1.807) is 24.5 Å². The van der Waals surface area contributed by atoms with Gasteiger partial charge in [0.15, 0.2) is 0 Å². The molecule has 0 N–H and O–H groups in total. The zero-order chi connectivity index (χ0) is 21.0. The van der Waals surface area contributed by atoms with E-state index in [2.05, 4.69) is 45.2 Å². The Labute approximate surface area is 173 Å². The molecule has 0 saturated heterocycles. The molecule has 2 aromatic carbocycles. The van der Waals surface area contributed by atoms with Crippen molar-refractivity contribution < 1.29 is 13.2 Å². The lowest BCUT2D eigenvalue weighted by Crippen LogP contribution is -2.30. The SMILES string of the molecule is FC(F)(F)c1ccc(C2=CCN(CCc3ccc(-c4cncnc4)cc3)CC2)cc1. The van der Waals surface area contributed by atoms with Crippen molar-refractivity contribution in [1.82, 2.24) is 14.9 Å². The van der Waals surface area contributed by atoms with Gasteiger partial charge in [-0.15, -0.1) is 0 Å². The fourth-order valence-corrected chi connectivity index (χ4v) is 3.65. The number of hydrogen-bond donors (Lipinski definition) is 0. The zero-order valence-electron chi connectivity index (χ0n) is 16.4. The predicted octanol–water partition coefficient (Wildman–Crippen LogP) is 5.49. The Hall–Kier alpha value is -2.99. The molecular weight excluding hydrogens is 387 g/mol. The predicted molar refractivity (Wildman–Crippen MR) is 112 cm³/mol. The summed E-state index contributed by atoms with van der Waals surface area (Å²) in [5, 5.41) is 0. The van der Waals surface area contributed by atoms with Crippen molar-refractivity contribution >= 4 is 5.57 Å². The van der Waals surface area contributed by atoms with Crippen molar-refractivity contribution in [1.29, 1.82) is 0 Å². The summed E-state index contributed by atoms with van der Waals surface area (Å²) in [7, 11) is 0. The lowest BCUT2D eigenvalue weighted by atomic mass is 9.98. The monoisotopic (exact) mass is 409 g/mol. The molecule has 154 valence electrons. The molecule has 0 amide bonds. The van der Waals surface area contributed by atoms with Gasteiger partial charge >= 0.3 is 6.18 Å². The third-order valence-corrected chi connectivity index (χ3v) is 5.44. The van der Waals surface area contributed by atoms with Crippen LogP contribution in [0.25, 0.3) is 16.7 Å². The van der Waals surface area contributed by atoms with Gasteiger partial charge in [0.05, 0.1) is 5.56 Å². The molecule has 0 atom stereocenters. The Morgan fingerprint density at radius 1 is 0.833 bits per heavy atom. The number of benzene rings is 2. The molecule has 1 aliphatic rings. The molecule has 1 aliphatic heterocycles. The number of rotatable bonds is 5. The van der Waals surface area contributed by atoms with Crippen molar-refractivity contribution in [2.24, 2.45) is 0 Å². The summed E-state index contributed by atoms with van der Waals surface area (Å²) in [5.74, 6) is 0. The third kappa shape index (κ3) is 4.94. The van der Waals surface area contributed by atoms with Gasteiger partial charge in [-0.1, -0.05) is 42.5 Å². The fourth-order valence-electron chi connectivity index (χ4n) is 3.65. The average Bonchev–Trinajstić information content (AvgIpc) is 2.78. The standard InChI is InChI=1S/C24H22F3N3/c25-24(26,27)23-7-5-19(6-8-23)21-10-13-30(14-11-21)12-9-18-1-3-20(4-2-18)22-15-28-17-29-16-22/h1-8,10,15-17H,9,11-14H2. The van der Waals surface area contributed by atoms with Crippen LogP contribution in [0.2, 0.25) is 0 Å². The van der Waals surface area contributed by atoms with Crippen LogP contribution in [-0.2, 0) is 12.6 Å². The number of alkyl halides is 3. The first-order chi connectivity index (χ1) is 14.5. The average molecular weight is 409 g/mol. The summed E-state index contributed by atoms with van der Waals surface area (Å²) in [5.41, 5.74) is 4.77. The molecule has 6 heteroatoms. The molecule has 0 radical (unpaired) electrons. The Morgan fingerprint density at radius 2 is 1.50 bits per heavy atom. The highest BCUT2D eigenvalue weighted by molar-refractivity contribution is 5.67. The van der Waals surface area contributed by atoms with E-state index < -0.39 is 11.7 Å². The Morgan fingerprint density at radius 3 is 2.10 bits per heavy atom. The summed E-state index contributed by atoms with van der Waals surface area (Å²) in [4.78, 5) is 10.5. The van der Waals surface area contributed by atoms with Crippen LogP contribution in [-0.4, -0.2) is 34.5 Å². The van der Waals surface area contributed by atoms with Crippen LogP contribution in [0.3, 0.4) is 0 Å². The topological polar surface area (TPSA) is 29.0 Å². The summed E-state index contributed by atoms with van der Waals surface area (Å²) in [6, 6.07) is 13.9. The van der Waals surface area contributed by atoms with Gasteiger partial charge in [-0.25, -0.2) is 9.97 Å². The van der Waals surface area contributed by atoms with E-state index in [-0.39, 0.29) is 0 Å². The molecule has 0 spiro atoms. The molecule has 2 heterocycles. The maximum atomic E-state index is 12.7. The Kier molecular flexibility index (Phi) is 5.95. The Bertz CT molecular complexity index is 995. The molecule has 4 rings (SSSR count). The number of halogens is 3. The van der Waals surface area contributed by atoms with Crippen molar-refractivity contribution in [3.8, 4) is 11.1 Å². The number of hydrogen-bond acceptors (Lipinski definition) is 3. The van der Waals surface area contributed by atoms with Gasteiger partial charge in [0.25, 0.3) is 0 Å². The zero-order valence-corrected chi connectivity index (χ0v) is 16.4. The van der Waals surface area contributed by atoms with E-state index in [4.69, 9.17) is 0 Å². The molecule has 3 aromatic rings. The number of nitrogens with zero attached hydrogens (tertiary/aromatic N) is 3. The Balaban J connectivity index is 1.31. The molecule has 0 aliphatic carbocycles. The lowest BCUT2D eigenvalue weighted by Gasteiger charge is -2.26. The van der Waals surface area contributed by atoms with E-state index >= 15 is 0 Å². The van der Waals surface area contributed by atoms with Gasteiger partial charge in [-0.05, 0) is 47.2 Å². The minimum atomic E-state index is -4.29. The van der Waals surface area contributed by atoms with Crippen LogP contribution in [0, 0.1) is 0 Å². The summed E-state index contributed by atoms with van der Waals surface area (Å²) in [6.07, 6.45) is 4.77. The van der Waals surface area contributed by atoms with Gasteiger partial charge in [0.1, 0.15) is 6.33 Å². The second kappa shape index (κ2) is 8.79. The van der Waals surface area contributed by atoms with E-state index in [0.717, 1.165) is 66.9 Å². The maximum absolute atomic E-state index is 12.7. The van der Waals surface area contributed by atoms with E-state index in [0.29, 0.717) is 0 Å². The molecule has 0 saturated carbocycles. The van der Waals surface area contributed by atoms with Crippen LogP contribution in [0.1, 0.15) is 23.1 Å². The van der Waals surface area contributed by atoms with E-state index in [1.165, 1.54) is 11.9 Å². The van der Waals surface area contributed by atoms with E-state index in [1.807, 2.05) is 0 Å². The highest BCUT2D eigenvalue weighted by atomic mass is 19.4. The highest BCUT2D eigenvalue weighted by Gasteiger charge is 2.30. The molecule has 1 aromatic heterocycles. The first-order valence-corrected chi connectivity index (χ1v) is 9.92. The summed E-state index contributed by atoms with van der Waals surface area (Å²) in [6.45, 7) is 2.67. The van der Waals surface area contributed by atoms with Gasteiger partial charge in [0.2, 0.25) is 0 Å². The van der Waals surface area contributed by atoms with Gasteiger partial charge in [0, 0.05) is 37.6 Å². The van der Waals surface area contributed by atoms with Crippen LogP contribution in [0.4, 0.5) is 13.2 Å². The van der Waals surface area contributed by atoms with Crippen LogP contribution in [0.15, 0.2) is 73.3 Å². The second-order valence-corrected chi connectivity index (χ2v) is 7.43. The van der Waals surface area contributed by atoms with Gasteiger partial charge in [-0.3, -0.25) is 4.90 Å². The third-order valence-electron chi connectivity index (χ3n) is 5.44. The largest absolute Gasteiger partial charge is 0.416 e. The van der Waals surface area contributed by atoms with Crippen LogP contribution in [0.5, 0.6) is 0 Å². The first kappa shape index (κ1) is 20.3. The molecule has 0 unspecified atom stereocenters. The van der Waals surface area contributed by atoms with Crippen LogP contribution >= 0.6 is 0 Å². The maximum Gasteiger partial charge on any atom is 0.416 e. The summed E-state index contributed by atoms with van der Waals surface area (Å²) < 4.78 is 38.2. The molecule has 3 nitrogen and oxygen atoms in total. The lowest BCUT2D eigenvalue weighted by molar-refractivity contribution is -0.137. The normalized spacial score (nSPS) is 15.1. The molecule has 30 heavy (non-hydrogen) atoms. The second-order valence-electron chi connectivity index (χ2n) is 7.43. The summed E-state index contributed by atoms with van der Waals surface area (Å²) >= 11 is 0. The minimum absolute atomic E-state index is 0.602. The van der Waals surface area contributed by atoms with Crippen molar-refractivity contribution in [3.05, 3.63) is 90.0 Å².